The molecule has 0 aromatic heterocycles. The maximum atomic E-state index is 15.1. The fourth-order valence-corrected chi connectivity index (χ4v) is 3.17. The van der Waals surface area contributed by atoms with Gasteiger partial charge >= 0.3 is 107 Å². The van der Waals surface area contributed by atoms with E-state index in [4.69, 9.17) is 0 Å². The molecule has 0 amide bonds. The van der Waals surface area contributed by atoms with Crippen molar-refractivity contribution in [3.8, 4) is 0 Å². The van der Waals surface area contributed by atoms with Gasteiger partial charge in [-0.25, -0.2) is 9.18 Å². The summed E-state index contributed by atoms with van der Waals surface area (Å²) >= 11 is 0. The van der Waals surface area contributed by atoms with Crippen molar-refractivity contribution in [1.29, 1.82) is 0 Å². The van der Waals surface area contributed by atoms with E-state index in [-0.39, 0.29) is 0 Å². The van der Waals surface area contributed by atoms with Crippen LogP contribution in [0.4, 0.5) is 158 Å². The average Bonchev–Trinajstić information content (AvgIpc) is 2.93. The van der Waals surface area contributed by atoms with Crippen molar-refractivity contribution in [2.75, 3.05) is 0 Å². The summed E-state index contributed by atoms with van der Waals surface area (Å²) in [5.74, 6) is -127. The van der Waals surface area contributed by atoms with E-state index in [0.29, 0.717) is 0 Å². The number of hydrogen-bond acceptors (Lipinski definition) is 2. The highest BCUT2D eigenvalue weighted by Crippen LogP contribution is 2.71. The van der Waals surface area contributed by atoms with Crippen LogP contribution in [0.3, 0.4) is 0 Å². The lowest BCUT2D eigenvalue weighted by Crippen LogP contribution is -2.83. The quantitative estimate of drug-likeness (QED) is 0.128. The molecular weight excluding hydrogens is 932 g/mol. The fraction of sp³-hybridized carbons (Fsp3) is 0.944. The van der Waals surface area contributed by atoms with Crippen LogP contribution in [-0.2, 0) is 9.53 Å². The molecule has 336 valence electrons. The van der Waals surface area contributed by atoms with Crippen molar-refractivity contribution in [3.05, 3.63) is 0 Å². The lowest BCUT2D eigenvalue weighted by atomic mass is 9.76. The van der Waals surface area contributed by atoms with Crippen LogP contribution < -0.4 is 0 Å². The molecular formula is C18F36O2. The van der Waals surface area contributed by atoms with Crippen molar-refractivity contribution >= 4 is 5.97 Å². The Bertz CT molecular complexity index is 1450. The van der Waals surface area contributed by atoms with Crippen LogP contribution in [0.5, 0.6) is 0 Å². The third-order valence-corrected chi connectivity index (χ3v) is 6.37. The van der Waals surface area contributed by atoms with Gasteiger partial charge in [0.1, 0.15) is 0 Å². The predicted molar refractivity (Wildman–Crippen MR) is 92.4 cm³/mol. The molecule has 0 aromatic rings. The van der Waals surface area contributed by atoms with Crippen LogP contribution in [0, 0.1) is 0 Å². The van der Waals surface area contributed by atoms with E-state index in [1.54, 1.807) is 0 Å². The molecule has 0 aromatic carbocycles. The Hall–Kier alpha value is -3.05. The summed E-state index contributed by atoms with van der Waals surface area (Å²) in [4.78, 5) is 10.5. The first-order chi connectivity index (χ1) is 23.4. The maximum absolute atomic E-state index is 15.1. The summed E-state index contributed by atoms with van der Waals surface area (Å²) < 4.78 is 484. The summed E-state index contributed by atoms with van der Waals surface area (Å²) in [6.45, 7) is 0. The molecule has 2 nitrogen and oxygen atoms in total. The highest BCUT2D eigenvalue weighted by Gasteiger charge is 3.04. The van der Waals surface area contributed by atoms with Crippen LogP contribution in [0.25, 0.3) is 0 Å². The van der Waals surface area contributed by atoms with E-state index in [0.717, 1.165) is 4.74 Å². The molecule has 0 N–H and O–H groups in total. The van der Waals surface area contributed by atoms with Gasteiger partial charge in [-0.3, -0.25) is 0 Å². The number of alkyl halides is 36. The minimum atomic E-state index is -11.0. The van der Waals surface area contributed by atoms with E-state index >= 15 is 4.39 Å². The average molecular weight is 932 g/mol. The van der Waals surface area contributed by atoms with E-state index in [2.05, 4.69) is 0 Å². The Morgan fingerprint density at radius 2 is 0.411 bits per heavy atom. The molecule has 0 aliphatic rings. The Morgan fingerprint density at radius 3 is 0.571 bits per heavy atom. The fourth-order valence-electron chi connectivity index (χ4n) is 3.17. The zero-order valence-corrected chi connectivity index (χ0v) is 23.4. The number of esters is 1. The largest absolute Gasteiger partial charge is 0.491 e. The standard InChI is InChI=1S/C18F36O2/c19-2(20,21)1(55)56-18(53,54)3(22,5(25,26)7(29,30)9(33,34)12(39,40)14(43,44)16(47,48)49)4(23,24)6(27,28)8(31,32)10(35,36)11(37,38)13(41,42)15(45,46)17(50,51)52. The minimum Gasteiger partial charge on any atom is -0.391 e. The number of ether oxygens (including phenoxy) is 1. The molecule has 0 saturated heterocycles. The third-order valence-electron chi connectivity index (χ3n) is 6.37. The number of hydrogen-bond donors (Lipinski definition) is 0. The van der Waals surface area contributed by atoms with E-state index in [1.165, 1.54) is 0 Å². The topological polar surface area (TPSA) is 26.3 Å². The molecule has 0 spiro atoms. The Kier molecular flexibility index (Phi) is 12.0. The monoisotopic (exact) mass is 932 g/mol. The summed E-state index contributed by atoms with van der Waals surface area (Å²) in [5, 5.41) is 0. The third kappa shape index (κ3) is 6.22. The van der Waals surface area contributed by atoms with Gasteiger partial charge in [-0.1, -0.05) is 0 Å². The van der Waals surface area contributed by atoms with Crippen LogP contribution in [0.2, 0.25) is 0 Å². The van der Waals surface area contributed by atoms with Crippen molar-refractivity contribution < 1.29 is 168 Å². The smallest absolute Gasteiger partial charge is 0.391 e. The van der Waals surface area contributed by atoms with Crippen LogP contribution >= 0.6 is 0 Å². The van der Waals surface area contributed by atoms with Gasteiger partial charge in [0.05, 0.1) is 0 Å². The van der Waals surface area contributed by atoms with Crippen molar-refractivity contribution in [1.82, 2.24) is 0 Å². The normalized spacial score (nSPS) is 17.9. The number of carbonyl (C=O) groups is 1. The zero-order valence-electron chi connectivity index (χ0n) is 23.4. The van der Waals surface area contributed by atoms with Gasteiger partial charge in [0.25, 0.3) is 0 Å². The molecule has 38 heteroatoms. The van der Waals surface area contributed by atoms with E-state index in [1.807, 2.05) is 0 Å². The molecule has 0 aliphatic heterocycles. The molecule has 1 unspecified atom stereocenters. The second-order valence-electron chi connectivity index (χ2n) is 9.95. The number of carbonyl (C=O) groups excluding carboxylic acids is 1. The van der Waals surface area contributed by atoms with Crippen LogP contribution in [0.1, 0.15) is 0 Å². The summed E-state index contributed by atoms with van der Waals surface area (Å²) in [5.41, 5.74) is -11.0. The van der Waals surface area contributed by atoms with Gasteiger partial charge in [0.15, 0.2) is 0 Å². The summed E-state index contributed by atoms with van der Waals surface area (Å²) in [6.07, 6.45) is -34.8. The predicted octanol–water partition coefficient (Wildman–Crippen LogP) is 11.1. The van der Waals surface area contributed by atoms with Crippen LogP contribution in [-0.4, -0.2) is 107 Å². The highest BCUT2D eigenvalue weighted by atomic mass is 19.5. The van der Waals surface area contributed by atoms with E-state index in [9.17, 15) is 158 Å². The first kappa shape index (κ1) is 53.0. The van der Waals surface area contributed by atoms with Gasteiger partial charge in [-0.05, 0) is 0 Å². The number of rotatable bonds is 14. The molecule has 1 atom stereocenters. The first-order valence-electron chi connectivity index (χ1n) is 11.4. The van der Waals surface area contributed by atoms with Gasteiger partial charge in [0, 0.05) is 0 Å². The second kappa shape index (κ2) is 12.7. The Balaban J connectivity index is 8.74. The van der Waals surface area contributed by atoms with Gasteiger partial charge in [-0.15, -0.1) is 0 Å². The molecule has 56 heavy (non-hydrogen) atoms. The van der Waals surface area contributed by atoms with Crippen molar-refractivity contribution in [2.24, 2.45) is 0 Å². The summed E-state index contributed by atoms with van der Waals surface area (Å²) in [7, 11) is 0. The lowest BCUT2D eigenvalue weighted by Gasteiger charge is -2.50. The molecule has 0 radical (unpaired) electrons. The lowest BCUT2D eigenvalue weighted by molar-refractivity contribution is -0.503. The summed E-state index contributed by atoms with van der Waals surface area (Å²) in [6, 6.07) is 0. The molecule has 0 rings (SSSR count). The molecule has 0 heterocycles. The van der Waals surface area contributed by atoms with Gasteiger partial charge < -0.3 is 4.74 Å². The molecule has 0 saturated carbocycles. The Morgan fingerprint density at radius 1 is 0.250 bits per heavy atom. The highest BCUT2D eigenvalue weighted by molar-refractivity contribution is 5.76. The minimum absolute atomic E-state index is 0.868. The molecule has 0 fully saturated rings. The SMILES string of the molecule is O=C(OC(F)(F)C(F)(C(F)(F)C(F)(F)C(F)(F)C(F)(F)C(F)(F)C(F)(F)F)C(F)(F)C(F)(F)C(F)(F)C(F)(F)C(F)(F)C(F)(F)C(F)(F)C(F)(F)F)C(F)(F)F. The van der Waals surface area contributed by atoms with Gasteiger partial charge in [-0.2, -0.15) is 154 Å². The van der Waals surface area contributed by atoms with Crippen molar-refractivity contribution in [3.63, 3.8) is 0 Å². The zero-order chi connectivity index (χ0) is 46.8. The molecule has 0 aliphatic carbocycles. The molecule has 0 bridgehead atoms. The second-order valence-corrected chi connectivity index (χ2v) is 9.95. The van der Waals surface area contributed by atoms with Gasteiger partial charge in [0.2, 0.25) is 0 Å². The van der Waals surface area contributed by atoms with Crippen molar-refractivity contribution in [2.45, 2.75) is 101 Å². The van der Waals surface area contributed by atoms with Crippen LogP contribution in [0.15, 0.2) is 0 Å². The number of halogens is 36. The Labute approximate surface area is 276 Å². The van der Waals surface area contributed by atoms with E-state index < -0.39 is 107 Å². The first-order valence-corrected chi connectivity index (χ1v) is 11.4. The maximum Gasteiger partial charge on any atom is 0.491 e.